The van der Waals surface area contributed by atoms with Gasteiger partial charge in [0.2, 0.25) is 0 Å². The minimum absolute atomic E-state index is 0.0139. The van der Waals surface area contributed by atoms with Crippen molar-refractivity contribution in [3.63, 3.8) is 0 Å². The van der Waals surface area contributed by atoms with E-state index < -0.39 is 0 Å². The van der Waals surface area contributed by atoms with Crippen molar-refractivity contribution >= 4 is 11.6 Å². The van der Waals surface area contributed by atoms with Gasteiger partial charge in [-0.2, -0.15) is 0 Å². The third kappa shape index (κ3) is 4.65. The zero-order chi connectivity index (χ0) is 22.6. The highest BCUT2D eigenvalue weighted by molar-refractivity contribution is 5.78. The van der Waals surface area contributed by atoms with Crippen LogP contribution in [-0.2, 0) is 17.8 Å². The number of anilines is 1. The summed E-state index contributed by atoms with van der Waals surface area (Å²) in [6, 6.07) is 15.8. The number of rotatable bonds is 6. The molecule has 3 heterocycles. The largest absolute Gasteiger partial charge is 0.497 e. The standard InChI is InChI=1S/C25H29N5O3/c1-32-21-11-7-20(8-12-21)28-14-16-29(17-15-28)24(31)18-33-22-9-5-19(6-10-22)25-27-26-23-4-2-3-13-30(23)25/h5-12H,2-4,13-18H2,1H3. The summed E-state index contributed by atoms with van der Waals surface area (Å²) in [5, 5.41) is 8.69. The number of hydrogen-bond acceptors (Lipinski definition) is 6. The van der Waals surface area contributed by atoms with Crippen molar-refractivity contribution < 1.29 is 14.3 Å². The summed E-state index contributed by atoms with van der Waals surface area (Å²) in [4.78, 5) is 16.8. The van der Waals surface area contributed by atoms with Crippen molar-refractivity contribution in [2.24, 2.45) is 0 Å². The Kier molecular flexibility index (Phi) is 6.15. The van der Waals surface area contributed by atoms with Crippen LogP contribution in [0.15, 0.2) is 48.5 Å². The first-order chi connectivity index (χ1) is 16.2. The van der Waals surface area contributed by atoms with Crippen LogP contribution in [0.1, 0.15) is 18.7 Å². The predicted molar refractivity (Wildman–Crippen MR) is 126 cm³/mol. The molecule has 0 unspecified atom stereocenters. The lowest BCUT2D eigenvalue weighted by Gasteiger charge is -2.36. The number of amides is 1. The monoisotopic (exact) mass is 447 g/mol. The average Bonchev–Trinajstić information content (AvgIpc) is 3.32. The fraction of sp³-hybridized carbons (Fsp3) is 0.400. The molecule has 2 aliphatic heterocycles. The van der Waals surface area contributed by atoms with Crippen LogP contribution < -0.4 is 14.4 Å². The maximum absolute atomic E-state index is 12.7. The Morgan fingerprint density at radius 1 is 0.879 bits per heavy atom. The maximum atomic E-state index is 12.7. The molecule has 0 saturated carbocycles. The van der Waals surface area contributed by atoms with Crippen molar-refractivity contribution in [2.75, 3.05) is 44.8 Å². The van der Waals surface area contributed by atoms with Gasteiger partial charge in [0.1, 0.15) is 17.3 Å². The molecule has 5 rings (SSSR count). The lowest BCUT2D eigenvalue weighted by atomic mass is 10.1. The van der Waals surface area contributed by atoms with Gasteiger partial charge in [-0.3, -0.25) is 4.79 Å². The van der Waals surface area contributed by atoms with Crippen molar-refractivity contribution in [2.45, 2.75) is 25.8 Å². The molecule has 0 spiro atoms. The third-order valence-corrected chi connectivity index (χ3v) is 6.40. The summed E-state index contributed by atoms with van der Waals surface area (Å²) in [6.45, 7) is 3.99. The van der Waals surface area contributed by atoms with Gasteiger partial charge in [0.25, 0.3) is 5.91 Å². The number of nitrogens with zero attached hydrogens (tertiary/aromatic N) is 5. The zero-order valence-electron chi connectivity index (χ0n) is 18.9. The average molecular weight is 448 g/mol. The second-order valence-electron chi connectivity index (χ2n) is 8.43. The highest BCUT2D eigenvalue weighted by atomic mass is 16.5. The first kappa shape index (κ1) is 21.3. The lowest BCUT2D eigenvalue weighted by Crippen LogP contribution is -2.50. The quantitative estimate of drug-likeness (QED) is 0.579. The van der Waals surface area contributed by atoms with Crippen LogP contribution in [-0.4, -0.2) is 65.5 Å². The van der Waals surface area contributed by atoms with Gasteiger partial charge in [0.15, 0.2) is 12.4 Å². The molecule has 1 fully saturated rings. The van der Waals surface area contributed by atoms with Crippen molar-refractivity contribution in [1.82, 2.24) is 19.7 Å². The number of hydrogen-bond donors (Lipinski definition) is 0. The Morgan fingerprint density at radius 3 is 2.33 bits per heavy atom. The minimum atomic E-state index is 0.0139. The van der Waals surface area contributed by atoms with E-state index in [2.05, 4.69) is 31.8 Å². The minimum Gasteiger partial charge on any atom is -0.497 e. The van der Waals surface area contributed by atoms with Crippen LogP contribution in [0.5, 0.6) is 11.5 Å². The van der Waals surface area contributed by atoms with Gasteiger partial charge < -0.3 is 23.8 Å². The van der Waals surface area contributed by atoms with Gasteiger partial charge in [0.05, 0.1) is 7.11 Å². The molecule has 3 aromatic rings. The van der Waals surface area contributed by atoms with E-state index in [1.165, 1.54) is 6.42 Å². The number of fused-ring (bicyclic) bond motifs is 1. The number of piperazine rings is 1. The molecule has 0 bridgehead atoms. The van der Waals surface area contributed by atoms with Crippen LogP contribution >= 0.6 is 0 Å². The van der Waals surface area contributed by atoms with E-state index in [0.29, 0.717) is 18.8 Å². The van der Waals surface area contributed by atoms with Crippen LogP contribution in [0.2, 0.25) is 0 Å². The summed E-state index contributed by atoms with van der Waals surface area (Å²) >= 11 is 0. The molecule has 0 N–H and O–H groups in total. The fourth-order valence-electron chi connectivity index (χ4n) is 4.47. The van der Waals surface area contributed by atoms with Gasteiger partial charge in [-0.25, -0.2) is 0 Å². The SMILES string of the molecule is COc1ccc(N2CCN(C(=O)COc3ccc(-c4nnc5n4CCCC5)cc3)CC2)cc1. The molecular weight excluding hydrogens is 418 g/mol. The lowest BCUT2D eigenvalue weighted by molar-refractivity contribution is -0.133. The molecule has 0 radical (unpaired) electrons. The van der Waals surface area contributed by atoms with Gasteiger partial charge in [-0.15, -0.1) is 10.2 Å². The summed E-state index contributed by atoms with van der Waals surface area (Å²) in [6.07, 6.45) is 3.33. The first-order valence-corrected chi connectivity index (χ1v) is 11.5. The van der Waals surface area contributed by atoms with E-state index in [1.807, 2.05) is 41.3 Å². The number of ether oxygens (including phenoxy) is 2. The number of aryl methyl sites for hydroxylation is 1. The third-order valence-electron chi connectivity index (χ3n) is 6.40. The second kappa shape index (κ2) is 9.52. The number of benzene rings is 2. The molecule has 0 atom stereocenters. The summed E-state index contributed by atoms with van der Waals surface area (Å²) < 4.78 is 13.2. The topological polar surface area (TPSA) is 72.7 Å². The maximum Gasteiger partial charge on any atom is 0.260 e. The zero-order valence-corrected chi connectivity index (χ0v) is 18.9. The number of carbonyl (C=O) groups is 1. The molecule has 1 aromatic heterocycles. The molecule has 1 amide bonds. The highest BCUT2D eigenvalue weighted by Crippen LogP contribution is 2.25. The molecule has 1 saturated heterocycles. The molecule has 33 heavy (non-hydrogen) atoms. The Bertz CT molecular complexity index is 1090. The fourth-order valence-corrected chi connectivity index (χ4v) is 4.47. The second-order valence-corrected chi connectivity index (χ2v) is 8.43. The van der Waals surface area contributed by atoms with Crippen LogP contribution in [0.3, 0.4) is 0 Å². The first-order valence-electron chi connectivity index (χ1n) is 11.5. The number of carbonyl (C=O) groups excluding carboxylic acids is 1. The summed E-state index contributed by atoms with van der Waals surface area (Å²) in [7, 11) is 1.67. The Balaban J connectivity index is 1.12. The Labute approximate surface area is 193 Å². The van der Waals surface area contributed by atoms with Crippen molar-refractivity contribution in [3.05, 3.63) is 54.4 Å². The van der Waals surface area contributed by atoms with E-state index in [9.17, 15) is 4.79 Å². The van der Waals surface area contributed by atoms with E-state index in [-0.39, 0.29) is 12.5 Å². The highest BCUT2D eigenvalue weighted by Gasteiger charge is 2.22. The number of aromatic nitrogens is 3. The van der Waals surface area contributed by atoms with Gasteiger partial charge >= 0.3 is 0 Å². The van der Waals surface area contributed by atoms with Crippen LogP contribution in [0.4, 0.5) is 5.69 Å². The Morgan fingerprint density at radius 2 is 1.61 bits per heavy atom. The van der Waals surface area contributed by atoms with Gasteiger partial charge in [0, 0.05) is 50.4 Å². The van der Waals surface area contributed by atoms with Crippen molar-refractivity contribution in [3.8, 4) is 22.9 Å². The molecule has 8 heteroatoms. The smallest absolute Gasteiger partial charge is 0.260 e. The van der Waals surface area contributed by atoms with E-state index in [0.717, 1.165) is 61.1 Å². The van der Waals surface area contributed by atoms with E-state index in [4.69, 9.17) is 9.47 Å². The van der Waals surface area contributed by atoms with E-state index in [1.54, 1.807) is 7.11 Å². The Hall–Kier alpha value is -3.55. The number of methoxy groups -OCH3 is 1. The van der Waals surface area contributed by atoms with Crippen LogP contribution in [0.25, 0.3) is 11.4 Å². The molecule has 0 aliphatic carbocycles. The van der Waals surface area contributed by atoms with Crippen molar-refractivity contribution in [1.29, 1.82) is 0 Å². The van der Waals surface area contributed by atoms with E-state index >= 15 is 0 Å². The van der Waals surface area contributed by atoms with Gasteiger partial charge in [-0.05, 0) is 61.4 Å². The molecule has 8 nitrogen and oxygen atoms in total. The molecular formula is C25H29N5O3. The molecule has 2 aliphatic rings. The summed E-state index contributed by atoms with van der Waals surface area (Å²) in [5.74, 6) is 3.51. The van der Waals surface area contributed by atoms with Crippen LogP contribution in [0, 0.1) is 0 Å². The molecule has 2 aromatic carbocycles. The van der Waals surface area contributed by atoms with Gasteiger partial charge in [-0.1, -0.05) is 0 Å². The predicted octanol–water partition coefficient (Wildman–Crippen LogP) is 3.02. The normalized spacial score (nSPS) is 15.8. The molecule has 172 valence electrons. The summed E-state index contributed by atoms with van der Waals surface area (Å²) in [5.41, 5.74) is 2.16.